The molecule has 2 aromatic rings. The van der Waals surface area contributed by atoms with Gasteiger partial charge in [-0.15, -0.1) is 0 Å². The molecule has 6 nitrogen and oxygen atoms in total. The Morgan fingerprint density at radius 2 is 1.68 bits per heavy atom. The first kappa shape index (κ1) is 15.5. The predicted octanol–water partition coefficient (Wildman–Crippen LogP) is 3.63. The molecule has 0 saturated heterocycles. The first-order valence-corrected chi connectivity index (χ1v) is 6.78. The van der Waals surface area contributed by atoms with Crippen LogP contribution in [0.15, 0.2) is 48.5 Å². The van der Waals surface area contributed by atoms with Crippen molar-refractivity contribution in [3.8, 4) is 5.75 Å². The largest absolute Gasteiger partial charge is 0.491 e. The summed E-state index contributed by atoms with van der Waals surface area (Å²) in [7, 11) is 0. The molecule has 0 atom stereocenters. The molecule has 1 N–H and O–H groups in total. The van der Waals surface area contributed by atoms with Gasteiger partial charge < -0.3 is 10.1 Å². The number of non-ortho nitro benzene ring substituents is 1. The maximum absolute atomic E-state index is 12.0. The van der Waals surface area contributed by atoms with E-state index in [-0.39, 0.29) is 17.7 Å². The van der Waals surface area contributed by atoms with E-state index in [1.165, 1.54) is 24.3 Å². The summed E-state index contributed by atoms with van der Waals surface area (Å²) in [5.41, 5.74) is 0.930. The van der Waals surface area contributed by atoms with Gasteiger partial charge in [-0.2, -0.15) is 0 Å². The molecule has 1 amide bonds. The molecular weight excluding hydrogens is 284 g/mol. The van der Waals surface area contributed by atoms with E-state index in [9.17, 15) is 14.9 Å². The quantitative estimate of drug-likeness (QED) is 0.675. The van der Waals surface area contributed by atoms with Crippen molar-refractivity contribution >= 4 is 17.3 Å². The van der Waals surface area contributed by atoms with Crippen LogP contribution in [0.5, 0.6) is 5.75 Å². The van der Waals surface area contributed by atoms with Gasteiger partial charge in [0.15, 0.2) is 0 Å². The Kier molecular flexibility index (Phi) is 4.73. The Morgan fingerprint density at radius 3 is 2.18 bits per heavy atom. The van der Waals surface area contributed by atoms with Crippen LogP contribution in [0.4, 0.5) is 11.4 Å². The van der Waals surface area contributed by atoms with E-state index in [0.717, 1.165) is 5.75 Å². The Morgan fingerprint density at radius 1 is 1.09 bits per heavy atom. The number of hydrogen-bond donors (Lipinski definition) is 1. The number of hydrogen-bond acceptors (Lipinski definition) is 4. The summed E-state index contributed by atoms with van der Waals surface area (Å²) < 4.78 is 5.52. The van der Waals surface area contributed by atoms with Crippen LogP contribution in [0.25, 0.3) is 0 Å². The number of nitrogens with zero attached hydrogens (tertiary/aromatic N) is 1. The van der Waals surface area contributed by atoms with E-state index >= 15 is 0 Å². The van der Waals surface area contributed by atoms with Crippen LogP contribution < -0.4 is 10.1 Å². The smallest absolute Gasteiger partial charge is 0.269 e. The summed E-state index contributed by atoms with van der Waals surface area (Å²) in [6.07, 6.45) is 0.0838. The zero-order chi connectivity index (χ0) is 16.1. The third-order valence-electron chi connectivity index (χ3n) is 2.82. The highest BCUT2D eigenvalue weighted by Gasteiger charge is 2.09. The number of benzene rings is 2. The number of carbonyl (C=O) groups excluding carboxylic acids is 1. The minimum atomic E-state index is -0.505. The fourth-order valence-corrected chi connectivity index (χ4v) is 1.83. The van der Waals surface area contributed by atoms with Crippen LogP contribution in [0, 0.1) is 10.1 Å². The lowest BCUT2D eigenvalue weighted by atomic mass is 10.2. The van der Waals surface area contributed by atoms with Gasteiger partial charge in [0.05, 0.1) is 11.0 Å². The number of nitro groups is 1. The molecule has 2 aromatic carbocycles. The topological polar surface area (TPSA) is 81.5 Å². The van der Waals surface area contributed by atoms with E-state index < -0.39 is 4.92 Å². The van der Waals surface area contributed by atoms with E-state index in [1.807, 2.05) is 13.8 Å². The number of ether oxygens (including phenoxy) is 1. The van der Waals surface area contributed by atoms with Crippen molar-refractivity contribution in [1.82, 2.24) is 0 Å². The first-order chi connectivity index (χ1) is 10.5. The van der Waals surface area contributed by atoms with Gasteiger partial charge in [0.1, 0.15) is 5.75 Å². The highest BCUT2D eigenvalue weighted by molar-refractivity contribution is 6.04. The normalized spacial score (nSPS) is 10.3. The maximum Gasteiger partial charge on any atom is 0.269 e. The highest BCUT2D eigenvalue weighted by Crippen LogP contribution is 2.18. The zero-order valence-corrected chi connectivity index (χ0v) is 12.3. The van der Waals surface area contributed by atoms with Crippen LogP contribution in [-0.2, 0) is 0 Å². The Labute approximate surface area is 127 Å². The minimum Gasteiger partial charge on any atom is -0.491 e. The second-order valence-corrected chi connectivity index (χ2v) is 4.95. The summed E-state index contributed by atoms with van der Waals surface area (Å²) in [6.45, 7) is 3.87. The zero-order valence-electron chi connectivity index (χ0n) is 12.3. The van der Waals surface area contributed by atoms with Crippen molar-refractivity contribution in [2.24, 2.45) is 0 Å². The molecule has 0 fully saturated rings. The third-order valence-corrected chi connectivity index (χ3v) is 2.82. The monoisotopic (exact) mass is 300 g/mol. The minimum absolute atomic E-state index is 0.0493. The van der Waals surface area contributed by atoms with Crippen molar-refractivity contribution in [3.05, 3.63) is 64.2 Å². The van der Waals surface area contributed by atoms with Crippen LogP contribution in [0.1, 0.15) is 24.2 Å². The van der Waals surface area contributed by atoms with Crippen LogP contribution >= 0.6 is 0 Å². The lowest BCUT2D eigenvalue weighted by Gasteiger charge is -2.10. The van der Waals surface area contributed by atoms with Crippen molar-refractivity contribution in [2.75, 3.05) is 5.32 Å². The van der Waals surface area contributed by atoms with Crippen LogP contribution in [0.2, 0.25) is 0 Å². The average molecular weight is 300 g/mol. The molecule has 0 saturated carbocycles. The molecule has 0 unspecified atom stereocenters. The van der Waals surface area contributed by atoms with E-state index in [2.05, 4.69) is 5.32 Å². The number of anilines is 1. The number of nitrogens with one attached hydrogen (secondary N) is 1. The van der Waals surface area contributed by atoms with Gasteiger partial charge in [-0.3, -0.25) is 14.9 Å². The van der Waals surface area contributed by atoms with Gasteiger partial charge in [-0.05, 0) is 50.2 Å². The summed E-state index contributed by atoms with van der Waals surface area (Å²) in [5.74, 6) is 0.399. The Bertz CT molecular complexity index is 664. The van der Waals surface area contributed by atoms with E-state index in [1.54, 1.807) is 24.3 Å². The van der Waals surface area contributed by atoms with Crippen molar-refractivity contribution in [3.63, 3.8) is 0 Å². The molecule has 0 spiro atoms. The first-order valence-electron chi connectivity index (χ1n) is 6.78. The van der Waals surface area contributed by atoms with Gasteiger partial charge in [-0.25, -0.2) is 0 Å². The Hall–Kier alpha value is -2.89. The molecule has 0 heterocycles. The maximum atomic E-state index is 12.0. The van der Waals surface area contributed by atoms with Gasteiger partial charge in [0.2, 0.25) is 0 Å². The lowest BCUT2D eigenvalue weighted by molar-refractivity contribution is -0.384. The number of rotatable bonds is 5. The molecule has 2 rings (SSSR count). The second-order valence-electron chi connectivity index (χ2n) is 4.95. The van der Waals surface area contributed by atoms with Gasteiger partial charge in [0, 0.05) is 23.4 Å². The van der Waals surface area contributed by atoms with Crippen LogP contribution in [-0.4, -0.2) is 16.9 Å². The molecule has 0 bridgehead atoms. The molecule has 22 heavy (non-hydrogen) atoms. The van der Waals surface area contributed by atoms with Gasteiger partial charge >= 0.3 is 0 Å². The van der Waals surface area contributed by atoms with Crippen molar-refractivity contribution in [2.45, 2.75) is 20.0 Å². The second kappa shape index (κ2) is 6.71. The summed E-state index contributed by atoms with van der Waals surface area (Å²) >= 11 is 0. The Balaban J connectivity index is 2.03. The summed E-state index contributed by atoms with van der Waals surface area (Å²) in [5, 5.41) is 13.3. The van der Waals surface area contributed by atoms with E-state index in [0.29, 0.717) is 11.3 Å². The molecule has 0 aromatic heterocycles. The number of carbonyl (C=O) groups is 1. The van der Waals surface area contributed by atoms with Gasteiger partial charge in [0.25, 0.3) is 11.6 Å². The predicted molar refractivity (Wildman–Crippen MR) is 83.3 cm³/mol. The molecule has 0 aliphatic heterocycles. The molecular formula is C16H16N2O4. The fourth-order valence-electron chi connectivity index (χ4n) is 1.83. The molecule has 0 aliphatic carbocycles. The summed E-state index contributed by atoms with van der Waals surface area (Å²) in [4.78, 5) is 22.1. The highest BCUT2D eigenvalue weighted by atomic mass is 16.6. The fraction of sp³-hybridized carbons (Fsp3) is 0.188. The van der Waals surface area contributed by atoms with Gasteiger partial charge in [-0.1, -0.05) is 0 Å². The van der Waals surface area contributed by atoms with Crippen molar-refractivity contribution < 1.29 is 14.5 Å². The van der Waals surface area contributed by atoms with E-state index in [4.69, 9.17) is 4.74 Å². The van der Waals surface area contributed by atoms with Crippen molar-refractivity contribution in [1.29, 1.82) is 0 Å². The molecule has 114 valence electrons. The molecule has 0 radical (unpaired) electrons. The third kappa shape index (κ3) is 4.05. The number of nitro benzene ring substituents is 1. The number of amides is 1. The standard InChI is InChI=1S/C16H16N2O4/c1-11(2)22-15-9-5-13(6-10-15)17-16(19)12-3-7-14(8-4-12)18(20)21/h3-11H,1-2H3,(H,17,19). The van der Waals surface area contributed by atoms with Crippen LogP contribution in [0.3, 0.4) is 0 Å². The molecule has 0 aliphatic rings. The SMILES string of the molecule is CC(C)Oc1ccc(NC(=O)c2ccc([N+](=O)[O-])cc2)cc1. The summed E-state index contributed by atoms with van der Waals surface area (Å²) in [6, 6.07) is 12.5. The lowest BCUT2D eigenvalue weighted by Crippen LogP contribution is -2.12. The average Bonchev–Trinajstić information content (AvgIpc) is 2.49. The molecule has 6 heteroatoms.